The maximum Gasteiger partial charge on any atom is 0.0587 e. The second-order valence-electron chi connectivity index (χ2n) is 3.88. The lowest BCUT2D eigenvalue weighted by Gasteiger charge is -2.15. The molecule has 0 aromatic heterocycles. The Kier molecular flexibility index (Phi) is 6.05. The van der Waals surface area contributed by atoms with Gasteiger partial charge in [0.1, 0.15) is 0 Å². The number of unbranched alkanes of at least 4 members (excludes halogenated alkanes) is 1. The molecular formula is C13H21NO. The Morgan fingerprint density at radius 2 is 2.00 bits per heavy atom. The molecule has 1 aromatic carbocycles. The van der Waals surface area contributed by atoms with Crippen LogP contribution in [0.15, 0.2) is 30.3 Å². The monoisotopic (exact) mass is 207 g/mol. The zero-order valence-corrected chi connectivity index (χ0v) is 9.45. The van der Waals surface area contributed by atoms with Crippen LogP contribution in [-0.4, -0.2) is 24.3 Å². The van der Waals surface area contributed by atoms with Gasteiger partial charge in [-0.2, -0.15) is 0 Å². The van der Waals surface area contributed by atoms with E-state index in [0.29, 0.717) is 0 Å². The first-order valence-electron chi connectivity index (χ1n) is 5.75. The van der Waals surface area contributed by atoms with E-state index in [9.17, 15) is 5.11 Å². The molecule has 0 heterocycles. The molecule has 0 bridgehead atoms. The Morgan fingerprint density at radius 1 is 1.27 bits per heavy atom. The molecule has 2 heteroatoms. The van der Waals surface area contributed by atoms with E-state index in [-0.39, 0.29) is 12.6 Å². The fraction of sp³-hybridized carbons (Fsp3) is 0.538. The minimum absolute atomic E-state index is 0.193. The molecule has 0 fully saturated rings. The van der Waals surface area contributed by atoms with Crippen LogP contribution in [0.5, 0.6) is 0 Å². The van der Waals surface area contributed by atoms with Gasteiger partial charge in [-0.05, 0) is 24.9 Å². The Morgan fingerprint density at radius 3 is 2.60 bits per heavy atom. The van der Waals surface area contributed by atoms with Gasteiger partial charge < -0.3 is 10.4 Å². The molecule has 0 aliphatic heterocycles. The number of aliphatic hydroxyl groups is 1. The summed E-state index contributed by atoms with van der Waals surface area (Å²) in [5.74, 6) is 0. The molecule has 0 amide bonds. The summed E-state index contributed by atoms with van der Waals surface area (Å²) >= 11 is 0. The summed E-state index contributed by atoms with van der Waals surface area (Å²) in [6, 6.07) is 10.5. The quantitative estimate of drug-likeness (QED) is 0.670. The van der Waals surface area contributed by atoms with Gasteiger partial charge in [-0.25, -0.2) is 0 Å². The van der Waals surface area contributed by atoms with Crippen molar-refractivity contribution in [3.8, 4) is 0 Å². The summed E-state index contributed by atoms with van der Waals surface area (Å²) in [5, 5.41) is 12.6. The summed E-state index contributed by atoms with van der Waals surface area (Å²) in [6.45, 7) is 3.37. The fourth-order valence-electron chi connectivity index (χ4n) is 1.58. The summed E-state index contributed by atoms with van der Waals surface area (Å²) in [4.78, 5) is 0. The Hall–Kier alpha value is -0.860. The number of hydrogen-bond acceptors (Lipinski definition) is 2. The van der Waals surface area contributed by atoms with Crippen molar-refractivity contribution in [2.24, 2.45) is 0 Å². The average molecular weight is 207 g/mol. The van der Waals surface area contributed by atoms with Crippen LogP contribution < -0.4 is 5.32 Å². The molecule has 0 radical (unpaired) electrons. The van der Waals surface area contributed by atoms with Crippen molar-refractivity contribution in [1.29, 1.82) is 0 Å². The molecular weight excluding hydrogens is 186 g/mol. The molecule has 0 aliphatic carbocycles. The number of benzene rings is 1. The molecule has 1 atom stereocenters. The molecule has 0 saturated carbocycles. The summed E-state index contributed by atoms with van der Waals surface area (Å²) < 4.78 is 0. The van der Waals surface area contributed by atoms with Crippen LogP contribution in [0.2, 0.25) is 0 Å². The highest BCUT2D eigenvalue weighted by molar-refractivity contribution is 5.15. The summed E-state index contributed by atoms with van der Waals surface area (Å²) in [7, 11) is 0. The maximum absolute atomic E-state index is 9.22. The topological polar surface area (TPSA) is 32.3 Å². The standard InChI is InChI=1S/C13H21NO/c1-2-3-9-14-13(11-15)10-12-7-5-4-6-8-12/h4-8,13-15H,2-3,9-11H2,1H3/t13-/m1/s1. The van der Waals surface area contributed by atoms with Crippen molar-refractivity contribution in [3.05, 3.63) is 35.9 Å². The molecule has 0 unspecified atom stereocenters. The van der Waals surface area contributed by atoms with E-state index < -0.39 is 0 Å². The van der Waals surface area contributed by atoms with Gasteiger partial charge >= 0.3 is 0 Å². The van der Waals surface area contributed by atoms with E-state index in [1.807, 2.05) is 18.2 Å². The third-order valence-corrected chi connectivity index (χ3v) is 2.51. The van der Waals surface area contributed by atoms with E-state index in [2.05, 4.69) is 24.4 Å². The average Bonchev–Trinajstić information content (AvgIpc) is 2.29. The van der Waals surface area contributed by atoms with E-state index >= 15 is 0 Å². The van der Waals surface area contributed by atoms with Crippen LogP contribution in [0, 0.1) is 0 Å². The zero-order valence-electron chi connectivity index (χ0n) is 9.45. The second kappa shape index (κ2) is 7.43. The Balaban J connectivity index is 2.33. The van der Waals surface area contributed by atoms with Crippen molar-refractivity contribution in [3.63, 3.8) is 0 Å². The van der Waals surface area contributed by atoms with Gasteiger partial charge in [0.15, 0.2) is 0 Å². The summed E-state index contributed by atoms with van der Waals surface area (Å²) in [6.07, 6.45) is 3.27. The van der Waals surface area contributed by atoms with Gasteiger partial charge in [-0.3, -0.25) is 0 Å². The molecule has 1 aromatic rings. The number of nitrogens with one attached hydrogen (secondary N) is 1. The predicted octanol–water partition coefficient (Wildman–Crippen LogP) is 1.98. The van der Waals surface area contributed by atoms with Crippen molar-refractivity contribution in [1.82, 2.24) is 5.32 Å². The Bertz CT molecular complexity index is 248. The van der Waals surface area contributed by atoms with Crippen LogP contribution in [0.1, 0.15) is 25.3 Å². The van der Waals surface area contributed by atoms with Gasteiger partial charge in [-0.15, -0.1) is 0 Å². The smallest absolute Gasteiger partial charge is 0.0587 e. The van der Waals surface area contributed by atoms with Gasteiger partial charge in [-0.1, -0.05) is 43.7 Å². The molecule has 84 valence electrons. The molecule has 2 N–H and O–H groups in total. The van der Waals surface area contributed by atoms with Crippen LogP contribution in [-0.2, 0) is 6.42 Å². The van der Waals surface area contributed by atoms with E-state index in [4.69, 9.17) is 0 Å². The third kappa shape index (κ3) is 4.96. The Labute approximate surface area is 92.3 Å². The fourth-order valence-corrected chi connectivity index (χ4v) is 1.58. The predicted molar refractivity (Wildman–Crippen MR) is 63.9 cm³/mol. The highest BCUT2D eigenvalue weighted by Gasteiger charge is 2.06. The SMILES string of the molecule is CCCCN[C@@H](CO)Cc1ccccc1. The van der Waals surface area contributed by atoms with Crippen molar-refractivity contribution < 1.29 is 5.11 Å². The zero-order chi connectivity index (χ0) is 10.9. The van der Waals surface area contributed by atoms with Gasteiger partial charge in [0, 0.05) is 6.04 Å². The second-order valence-corrected chi connectivity index (χ2v) is 3.88. The first-order valence-corrected chi connectivity index (χ1v) is 5.75. The van der Waals surface area contributed by atoms with Crippen molar-refractivity contribution in [2.75, 3.05) is 13.2 Å². The van der Waals surface area contributed by atoms with Crippen LogP contribution in [0.3, 0.4) is 0 Å². The first kappa shape index (κ1) is 12.2. The van der Waals surface area contributed by atoms with Crippen molar-refractivity contribution in [2.45, 2.75) is 32.2 Å². The highest BCUT2D eigenvalue weighted by Crippen LogP contribution is 2.02. The molecule has 0 saturated heterocycles. The third-order valence-electron chi connectivity index (χ3n) is 2.51. The molecule has 1 rings (SSSR count). The van der Waals surface area contributed by atoms with Gasteiger partial charge in [0.25, 0.3) is 0 Å². The summed E-state index contributed by atoms with van der Waals surface area (Å²) in [5.41, 5.74) is 1.28. The van der Waals surface area contributed by atoms with E-state index in [1.165, 1.54) is 18.4 Å². The lowest BCUT2D eigenvalue weighted by Crippen LogP contribution is -2.35. The van der Waals surface area contributed by atoms with Gasteiger partial charge in [0.2, 0.25) is 0 Å². The van der Waals surface area contributed by atoms with Crippen LogP contribution in [0.25, 0.3) is 0 Å². The van der Waals surface area contributed by atoms with Crippen LogP contribution in [0.4, 0.5) is 0 Å². The number of hydrogen-bond donors (Lipinski definition) is 2. The normalized spacial score (nSPS) is 12.7. The molecule has 0 aliphatic rings. The first-order chi connectivity index (χ1) is 7.36. The lowest BCUT2D eigenvalue weighted by atomic mass is 10.1. The number of aliphatic hydroxyl groups excluding tert-OH is 1. The molecule has 2 nitrogen and oxygen atoms in total. The lowest BCUT2D eigenvalue weighted by molar-refractivity contribution is 0.241. The minimum Gasteiger partial charge on any atom is -0.395 e. The van der Waals surface area contributed by atoms with Crippen molar-refractivity contribution >= 4 is 0 Å². The number of rotatable bonds is 7. The molecule has 0 spiro atoms. The largest absolute Gasteiger partial charge is 0.395 e. The molecule has 15 heavy (non-hydrogen) atoms. The maximum atomic E-state index is 9.22. The van der Waals surface area contributed by atoms with E-state index in [1.54, 1.807) is 0 Å². The van der Waals surface area contributed by atoms with Crippen LogP contribution >= 0.6 is 0 Å². The minimum atomic E-state index is 0.193. The van der Waals surface area contributed by atoms with E-state index in [0.717, 1.165) is 13.0 Å². The highest BCUT2D eigenvalue weighted by atomic mass is 16.3. The van der Waals surface area contributed by atoms with Gasteiger partial charge in [0.05, 0.1) is 6.61 Å².